The maximum absolute atomic E-state index is 13.4. The number of fused-ring (bicyclic) bond motifs is 2. The zero-order valence-corrected chi connectivity index (χ0v) is 17.3. The number of benzene rings is 2. The summed E-state index contributed by atoms with van der Waals surface area (Å²) in [7, 11) is 0. The molecule has 0 N–H and O–H groups in total. The third kappa shape index (κ3) is 3.30. The second-order valence-electron chi connectivity index (χ2n) is 7.95. The standard InChI is InChI=1S/C27H21NO4/c28-17-23-25(24-12-7-15-30-24)32-21-13-14-22(26(29)31-18-19-8-3-1-4-9-19)27(23,16-21)20-10-5-2-6-11-20/h1-15,21-22H,16,18H2. The first-order chi connectivity index (χ1) is 15.7. The Morgan fingerprint density at radius 3 is 2.47 bits per heavy atom. The molecule has 1 aromatic heterocycles. The van der Waals surface area contributed by atoms with Crippen LogP contribution in [0.4, 0.5) is 0 Å². The van der Waals surface area contributed by atoms with Crippen LogP contribution in [0.25, 0.3) is 5.76 Å². The number of esters is 1. The summed E-state index contributed by atoms with van der Waals surface area (Å²) in [5, 5.41) is 10.3. The van der Waals surface area contributed by atoms with Gasteiger partial charge in [-0.1, -0.05) is 66.7 Å². The summed E-state index contributed by atoms with van der Waals surface area (Å²) in [6, 6.07) is 25.1. The fourth-order valence-corrected chi connectivity index (χ4v) is 4.68. The van der Waals surface area contributed by atoms with Gasteiger partial charge in [0.25, 0.3) is 0 Å². The molecule has 0 fully saturated rings. The molecule has 158 valence electrons. The maximum Gasteiger partial charge on any atom is 0.314 e. The Kier molecular flexibility index (Phi) is 5.12. The Labute approximate surface area is 186 Å². The van der Waals surface area contributed by atoms with Crippen LogP contribution in [-0.2, 0) is 26.3 Å². The van der Waals surface area contributed by atoms with Crippen LogP contribution in [0.2, 0.25) is 0 Å². The van der Waals surface area contributed by atoms with Crippen LogP contribution in [0.1, 0.15) is 23.3 Å². The molecular formula is C27H21NO4. The second kappa shape index (κ2) is 8.24. The van der Waals surface area contributed by atoms with E-state index in [0.717, 1.165) is 11.1 Å². The summed E-state index contributed by atoms with van der Waals surface area (Å²) in [4.78, 5) is 13.4. The van der Waals surface area contributed by atoms with E-state index in [1.165, 1.54) is 0 Å². The zero-order valence-electron chi connectivity index (χ0n) is 17.3. The first kappa shape index (κ1) is 19.9. The van der Waals surface area contributed by atoms with E-state index in [1.54, 1.807) is 18.4 Å². The van der Waals surface area contributed by atoms with Crippen molar-refractivity contribution in [3.8, 4) is 6.07 Å². The molecule has 0 saturated carbocycles. The topological polar surface area (TPSA) is 72.5 Å². The van der Waals surface area contributed by atoms with E-state index in [1.807, 2.05) is 72.8 Å². The lowest BCUT2D eigenvalue weighted by Crippen LogP contribution is -2.49. The van der Waals surface area contributed by atoms with Crippen LogP contribution in [-0.4, -0.2) is 12.1 Å². The SMILES string of the molecule is N#CC1=C(c2ccco2)OC2C=CC(C(=O)OCc3ccccc3)C1(c1ccccc1)C2. The number of nitrogens with zero attached hydrogens (tertiary/aromatic N) is 1. The van der Waals surface area contributed by atoms with Crippen molar-refractivity contribution >= 4 is 11.7 Å². The normalized spacial score (nSPS) is 23.8. The van der Waals surface area contributed by atoms with Crippen molar-refractivity contribution in [1.82, 2.24) is 0 Å². The van der Waals surface area contributed by atoms with Gasteiger partial charge in [0.15, 0.2) is 11.5 Å². The van der Waals surface area contributed by atoms with Crippen molar-refractivity contribution in [1.29, 1.82) is 5.26 Å². The maximum atomic E-state index is 13.4. The highest BCUT2D eigenvalue weighted by Crippen LogP contribution is 2.53. The Hall–Kier alpha value is -4.04. The molecule has 2 heterocycles. The molecule has 0 spiro atoms. The molecule has 1 aliphatic heterocycles. The highest BCUT2D eigenvalue weighted by Gasteiger charge is 2.55. The number of carbonyl (C=O) groups excluding carboxylic acids is 1. The van der Waals surface area contributed by atoms with Gasteiger partial charge in [0, 0.05) is 6.42 Å². The molecule has 5 heteroatoms. The Balaban J connectivity index is 1.61. The monoisotopic (exact) mass is 423 g/mol. The minimum atomic E-state index is -0.913. The molecule has 0 saturated heterocycles. The molecule has 0 radical (unpaired) electrons. The third-order valence-electron chi connectivity index (χ3n) is 6.14. The first-order valence-corrected chi connectivity index (χ1v) is 10.5. The van der Waals surface area contributed by atoms with E-state index < -0.39 is 11.3 Å². The van der Waals surface area contributed by atoms with E-state index in [2.05, 4.69) is 6.07 Å². The van der Waals surface area contributed by atoms with Gasteiger partial charge in [0.05, 0.1) is 29.2 Å². The largest absolute Gasteiger partial charge is 0.481 e. The summed E-state index contributed by atoms with van der Waals surface area (Å²) in [5.74, 6) is -0.199. The molecule has 5 nitrogen and oxygen atoms in total. The molecule has 5 rings (SSSR count). The average molecular weight is 423 g/mol. The summed E-state index contributed by atoms with van der Waals surface area (Å²) < 4.78 is 17.4. The van der Waals surface area contributed by atoms with E-state index in [-0.39, 0.29) is 18.7 Å². The molecule has 3 unspecified atom stereocenters. The molecule has 3 aromatic rings. The zero-order chi connectivity index (χ0) is 22.0. The summed E-state index contributed by atoms with van der Waals surface area (Å²) in [6.45, 7) is 0.172. The van der Waals surface area contributed by atoms with Crippen molar-refractivity contribution in [3.05, 3.63) is 114 Å². The first-order valence-electron chi connectivity index (χ1n) is 10.5. The van der Waals surface area contributed by atoms with Gasteiger partial charge in [0.1, 0.15) is 12.7 Å². The molecular weight excluding hydrogens is 402 g/mol. The van der Waals surface area contributed by atoms with Gasteiger partial charge in [-0.2, -0.15) is 5.26 Å². The van der Waals surface area contributed by atoms with Crippen LogP contribution in [0.15, 0.2) is 101 Å². The average Bonchev–Trinajstić information content (AvgIpc) is 3.38. The number of allylic oxidation sites excluding steroid dienone is 1. The number of rotatable bonds is 5. The lowest BCUT2D eigenvalue weighted by molar-refractivity contribution is -0.150. The number of nitriles is 1. The fourth-order valence-electron chi connectivity index (χ4n) is 4.68. The minimum absolute atomic E-state index is 0.172. The highest BCUT2D eigenvalue weighted by molar-refractivity contribution is 5.82. The molecule has 32 heavy (non-hydrogen) atoms. The lowest BCUT2D eigenvalue weighted by atomic mass is 9.59. The van der Waals surface area contributed by atoms with Crippen molar-refractivity contribution in [3.63, 3.8) is 0 Å². The Morgan fingerprint density at radius 2 is 1.78 bits per heavy atom. The van der Waals surface area contributed by atoms with Crippen molar-refractivity contribution in [2.45, 2.75) is 24.5 Å². The van der Waals surface area contributed by atoms with Gasteiger partial charge in [-0.25, -0.2) is 0 Å². The third-order valence-corrected chi connectivity index (χ3v) is 6.14. The van der Waals surface area contributed by atoms with Gasteiger partial charge in [-0.15, -0.1) is 0 Å². The molecule has 2 aliphatic rings. The fraction of sp³-hybridized carbons (Fsp3) is 0.185. The molecule has 2 bridgehead atoms. The van der Waals surface area contributed by atoms with Crippen molar-refractivity contribution < 1.29 is 18.7 Å². The van der Waals surface area contributed by atoms with Crippen molar-refractivity contribution in [2.24, 2.45) is 5.92 Å². The molecule has 1 aliphatic carbocycles. The molecule has 0 amide bonds. The summed E-state index contributed by atoms with van der Waals surface area (Å²) in [6.07, 6.45) is 5.43. The van der Waals surface area contributed by atoms with Gasteiger partial charge >= 0.3 is 5.97 Å². The van der Waals surface area contributed by atoms with Crippen LogP contribution in [0.3, 0.4) is 0 Å². The van der Waals surface area contributed by atoms with Crippen LogP contribution in [0, 0.1) is 17.2 Å². The lowest BCUT2D eigenvalue weighted by Gasteiger charge is -2.46. The van der Waals surface area contributed by atoms with Crippen molar-refractivity contribution in [2.75, 3.05) is 0 Å². The predicted octanol–water partition coefficient (Wildman–Crippen LogP) is 5.17. The minimum Gasteiger partial charge on any atom is -0.481 e. The van der Waals surface area contributed by atoms with Gasteiger partial charge < -0.3 is 13.9 Å². The summed E-state index contributed by atoms with van der Waals surface area (Å²) in [5.41, 5.74) is 1.25. The highest BCUT2D eigenvalue weighted by atomic mass is 16.5. The van der Waals surface area contributed by atoms with E-state index in [4.69, 9.17) is 13.9 Å². The smallest absolute Gasteiger partial charge is 0.314 e. The van der Waals surface area contributed by atoms with Crippen LogP contribution < -0.4 is 0 Å². The number of furan rings is 1. The summed E-state index contributed by atoms with van der Waals surface area (Å²) >= 11 is 0. The van der Waals surface area contributed by atoms with E-state index in [0.29, 0.717) is 23.5 Å². The second-order valence-corrected chi connectivity index (χ2v) is 7.95. The van der Waals surface area contributed by atoms with E-state index >= 15 is 0 Å². The number of carbonyl (C=O) groups is 1. The van der Waals surface area contributed by atoms with Gasteiger partial charge in [-0.3, -0.25) is 4.79 Å². The molecule has 2 aromatic carbocycles. The van der Waals surface area contributed by atoms with Crippen LogP contribution in [0.5, 0.6) is 0 Å². The van der Waals surface area contributed by atoms with E-state index in [9.17, 15) is 10.1 Å². The predicted molar refractivity (Wildman–Crippen MR) is 118 cm³/mol. The molecule has 3 atom stereocenters. The quantitative estimate of drug-likeness (QED) is 0.418. The Morgan fingerprint density at radius 1 is 1.03 bits per heavy atom. The number of hydrogen-bond acceptors (Lipinski definition) is 5. The van der Waals surface area contributed by atoms with Crippen LogP contribution >= 0.6 is 0 Å². The number of hydrogen-bond donors (Lipinski definition) is 0. The van der Waals surface area contributed by atoms with Gasteiger partial charge in [-0.05, 0) is 29.3 Å². The number of ether oxygens (including phenoxy) is 2. The Bertz CT molecular complexity index is 1210. The van der Waals surface area contributed by atoms with Gasteiger partial charge in [0.2, 0.25) is 0 Å².